The summed E-state index contributed by atoms with van der Waals surface area (Å²) in [5.74, 6) is 1.12. The number of rotatable bonds is 2. The van der Waals surface area contributed by atoms with Crippen LogP contribution < -0.4 is 5.73 Å². The second kappa shape index (κ2) is 4.90. The highest BCUT2D eigenvalue weighted by molar-refractivity contribution is 9.10. The first kappa shape index (κ1) is 10.8. The van der Waals surface area contributed by atoms with Gasteiger partial charge in [0.1, 0.15) is 0 Å². The molecule has 82 valence electrons. The van der Waals surface area contributed by atoms with Crippen LogP contribution in [0, 0.1) is 5.92 Å². The van der Waals surface area contributed by atoms with Crippen molar-refractivity contribution in [1.82, 2.24) is 10.2 Å². The third kappa shape index (κ3) is 2.89. The smallest absolute Gasteiger partial charge is 0.160 e. The van der Waals surface area contributed by atoms with Crippen LogP contribution >= 0.6 is 15.9 Å². The Labute approximate surface area is 97.3 Å². The maximum atomic E-state index is 5.58. The van der Waals surface area contributed by atoms with Crippen molar-refractivity contribution in [2.75, 3.05) is 18.9 Å². The van der Waals surface area contributed by atoms with E-state index in [1.165, 1.54) is 0 Å². The monoisotopic (exact) mass is 271 g/mol. The van der Waals surface area contributed by atoms with Gasteiger partial charge in [-0.1, -0.05) is 0 Å². The molecule has 2 heterocycles. The minimum absolute atomic E-state index is 0.450. The molecular weight excluding hydrogens is 258 g/mol. The fourth-order valence-corrected chi connectivity index (χ4v) is 2.10. The van der Waals surface area contributed by atoms with Crippen LogP contribution in [0.15, 0.2) is 10.5 Å². The Morgan fingerprint density at radius 2 is 2.13 bits per heavy atom. The molecule has 0 amide bonds. The Bertz CT molecular complexity index is 339. The van der Waals surface area contributed by atoms with E-state index in [4.69, 9.17) is 10.5 Å². The molecule has 1 saturated heterocycles. The molecule has 0 spiro atoms. The second-order valence-electron chi connectivity index (χ2n) is 3.83. The summed E-state index contributed by atoms with van der Waals surface area (Å²) in [7, 11) is 0. The van der Waals surface area contributed by atoms with Gasteiger partial charge >= 0.3 is 0 Å². The third-order valence-corrected chi connectivity index (χ3v) is 3.30. The highest BCUT2D eigenvalue weighted by Crippen LogP contribution is 2.22. The van der Waals surface area contributed by atoms with E-state index in [1.54, 1.807) is 0 Å². The Morgan fingerprint density at radius 1 is 1.40 bits per heavy atom. The molecule has 1 aliphatic heterocycles. The molecule has 2 N–H and O–H groups in total. The number of halogens is 1. The van der Waals surface area contributed by atoms with Crippen molar-refractivity contribution in [2.24, 2.45) is 5.92 Å². The third-order valence-electron chi connectivity index (χ3n) is 2.66. The zero-order valence-corrected chi connectivity index (χ0v) is 10.0. The van der Waals surface area contributed by atoms with Gasteiger partial charge in [0.25, 0.3) is 0 Å². The van der Waals surface area contributed by atoms with E-state index in [1.807, 2.05) is 6.07 Å². The highest BCUT2D eigenvalue weighted by atomic mass is 79.9. The molecule has 0 radical (unpaired) electrons. The molecule has 15 heavy (non-hydrogen) atoms. The molecule has 0 aliphatic carbocycles. The fraction of sp³-hybridized carbons (Fsp3) is 0.600. The summed E-state index contributed by atoms with van der Waals surface area (Å²) in [4.78, 5) is 0. The molecule has 0 aromatic carbocycles. The van der Waals surface area contributed by atoms with Crippen LogP contribution in [-0.4, -0.2) is 23.4 Å². The van der Waals surface area contributed by atoms with E-state index in [2.05, 4.69) is 26.1 Å². The molecule has 4 nitrogen and oxygen atoms in total. The van der Waals surface area contributed by atoms with Crippen LogP contribution in [0.5, 0.6) is 0 Å². The van der Waals surface area contributed by atoms with Gasteiger partial charge < -0.3 is 10.5 Å². The van der Waals surface area contributed by atoms with Gasteiger partial charge in [-0.3, -0.25) is 0 Å². The maximum Gasteiger partial charge on any atom is 0.160 e. The Kier molecular flexibility index (Phi) is 3.53. The van der Waals surface area contributed by atoms with Crippen molar-refractivity contribution in [3.05, 3.63) is 16.2 Å². The topological polar surface area (TPSA) is 61.0 Å². The standard InChI is InChI=1S/C10H14BrN3O/c11-9-6-8(13-14-10(9)12)5-7-1-3-15-4-2-7/h6-7H,1-5H2,(H2,12,14). The van der Waals surface area contributed by atoms with E-state index >= 15 is 0 Å². The van der Waals surface area contributed by atoms with Crippen LogP contribution in [0.3, 0.4) is 0 Å². The van der Waals surface area contributed by atoms with E-state index < -0.39 is 0 Å². The first-order chi connectivity index (χ1) is 7.25. The first-order valence-corrected chi connectivity index (χ1v) is 5.90. The lowest BCUT2D eigenvalue weighted by Crippen LogP contribution is -2.18. The van der Waals surface area contributed by atoms with E-state index in [9.17, 15) is 0 Å². The minimum Gasteiger partial charge on any atom is -0.381 e. The Balaban J connectivity index is 2.00. The number of anilines is 1. The summed E-state index contributed by atoms with van der Waals surface area (Å²) in [6.45, 7) is 1.74. The molecule has 5 heteroatoms. The van der Waals surface area contributed by atoms with Gasteiger partial charge in [-0.2, -0.15) is 5.10 Å². The normalized spacial score (nSPS) is 17.9. The maximum absolute atomic E-state index is 5.58. The first-order valence-electron chi connectivity index (χ1n) is 5.11. The summed E-state index contributed by atoms with van der Waals surface area (Å²) in [6, 6.07) is 1.96. The fourth-order valence-electron chi connectivity index (χ4n) is 1.76. The minimum atomic E-state index is 0.450. The van der Waals surface area contributed by atoms with Gasteiger partial charge in [0.2, 0.25) is 0 Å². The quantitative estimate of drug-likeness (QED) is 0.891. The number of nitrogen functional groups attached to an aromatic ring is 1. The van der Waals surface area contributed by atoms with Crippen molar-refractivity contribution in [1.29, 1.82) is 0 Å². The summed E-state index contributed by atoms with van der Waals surface area (Å²) >= 11 is 3.36. The molecule has 0 saturated carbocycles. The SMILES string of the molecule is Nc1nnc(CC2CCOCC2)cc1Br. The highest BCUT2D eigenvalue weighted by Gasteiger charge is 2.15. The second-order valence-corrected chi connectivity index (χ2v) is 4.68. The zero-order valence-electron chi connectivity index (χ0n) is 8.45. The molecule has 1 aliphatic rings. The lowest BCUT2D eigenvalue weighted by Gasteiger charge is -2.21. The molecule has 2 rings (SSSR count). The average molecular weight is 272 g/mol. The molecule has 1 aromatic rings. The number of hydrogen-bond acceptors (Lipinski definition) is 4. The van der Waals surface area contributed by atoms with Crippen LogP contribution in [0.2, 0.25) is 0 Å². The lowest BCUT2D eigenvalue weighted by atomic mass is 9.95. The summed E-state index contributed by atoms with van der Waals surface area (Å²) in [5, 5.41) is 7.98. The molecule has 1 aromatic heterocycles. The number of ether oxygens (including phenoxy) is 1. The van der Waals surface area contributed by atoms with Crippen molar-refractivity contribution < 1.29 is 4.74 Å². The molecule has 1 fully saturated rings. The summed E-state index contributed by atoms with van der Waals surface area (Å²) in [6.07, 6.45) is 3.20. The molecular formula is C10H14BrN3O. The number of nitrogens with zero attached hydrogens (tertiary/aromatic N) is 2. The summed E-state index contributed by atoms with van der Waals surface area (Å²) in [5.41, 5.74) is 6.58. The van der Waals surface area contributed by atoms with Gasteiger partial charge in [0, 0.05) is 13.2 Å². The number of aromatic nitrogens is 2. The van der Waals surface area contributed by atoms with Crippen molar-refractivity contribution in [3.8, 4) is 0 Å². The van der Waals surface area contributed by atoms with Crippen LogP contribution in [0.4, 0.5) is 5.82 Å². The van der Waals surface area contributed by atoms with Crippen LogP contribution in [0.1, 0.15) is 18.5 Å². The van der Waals surface area contributed by atoms with Crippen molar-refractivity contribution in [3.63, 3.8) is 0 Å². The van der Waals surface area contributed by atoms with E-state index in [0.29, 0.717) is 11.7 Å². The van der Waals surface area contributed by atoms with Gasteiger partial charge in [-0.05, 0) is 47.2 Å². The van der Waals surface area contributed by atoms with Crippen LogP contribution in [-0.2, 0) is 11.2 Å². The lowest BCUT2D eigenvalue weighted by molar-refractivity contribution is 0.0662. The van der Waals surface area contributed by atoms with Crippen LogP contribution in [0.25, 0.3) is 0 Å². The largest absolute Gasteiger partial charge is 0.381 e. The van der Waals surface area contributed by atoms with Gasteiger partial charge in [-0.25, -0.2) is 0 Å². The molecule has 0 bridgehead atoms. The van der Waals surface area contributed by atoms with Gasteiger partial charge in [0.15, 0.2) is 5.82 Å². The average Bonchev–Trinajstić information content (AvgIpc) is 2.25. The molecule has 0 unspecified atom stereocenters. The molecule has 0 atom stereocenters. The number of nitrogens with two attached hydrogens (primary N) is 1. The Hall–Kier alpha value is -0.680. The van der Waals surface area contributed by atoms with Gasteiger partial charge in [-0.15, -0.1) is 5.10 Å². The number of hydrogen-bond donors (Lipinski definition) is 1. The van der Waals surface area contributed by atoms with E-state index in [-0.39, 0.29) is 0 Å². The van der Waals surface area contributed by atoms with Gasteiger partial charge in [0.05, 0.1) is 10.2 Å². The predicted octanol–water partition coefficient (Wildman–Crippen LogP) is 1.79. The van der Waals surface area contributed by atoms with Crippen molar-refractivity contribution in [2.45, 2.75) is 19.3 Å². The zero-order chi connectivity index (χ0) is 10.7. The van der Waals surface area contributed by atoms with Crippen molar-refractivity contribution >= 4 is 21.7 Å². The summed E-state index contributed by atoms with van der Waals surface area (Å²) < 4.78 is 6.15. The Morgan fingerprint density at radius 3 is 2.80 bits per heavy atom. The predicted molar refractivity (Wildman–Crippen MR) is 61.4 cm³/mol. The van der Waals surface area contributed by atoms with E-state index in [0.717, 1.165) is 42.6 Å².